The van der Waals surface area contributed by atoms with Crippen molar-refractivity contribution in [3.05, 3.63) is 29.8 Å². The molecule has 3 amide bonds. The van der Waals surface area contributed by atoms with Gasteiger partial charge in [0.05, 0.1) is 5.69 Å². The van der Waals surface area contributed by atoms with Crippen molar-refractivity contribution >= 4 is 17.6 Å². The highest BCUT2D eigenvalue weighted by atomic mass is 19.1. The summed E-state index contributed by atoms with van der Waals surface area (Å²) in [6.45, 7) is 1.01. The van der Waals surface area contributed by atoms with Gasteiger partial charge in [0.25, 0.3) is 0 Å². The lowest BCUT2D eigenvalue weighted by molar-refractivity contribution is -0.122. The lowest BCUT2D eigenvalue weighted by Crippen LogP contribution is -2.59. The third kappa shape index (κ3) is 3.02. The van der Waals surface area contributed by atoms with Crippen LogP contribution in [0.2, 0.25) is 0 Å². The highest BCUT2D eigenvalue weighted by molar-refractivity contribution is 5.93. The van der Waals surface area contributed by atoms with Crippen molar-refractivity contribution < 1.29 is 18.4 Å². The second kappa shape index (κ2) is 5.83. The van der Waals surface area contributed by atoms with Crippen LogP contribution in [-0.4, -0.2) is 42.5 Å². The molecule has 1 saturated heterocycles. The van der Waals surface area contributed by atoms with Gasteiger partial charge in [0.2, 0.25) is 5.91 Å². The number of amides is 3. The molecular formula is C12H14F2N4O2. The topological polar surface area (TPSA) is 87.5 Å². The standard InChI is InChI=1S/C12H14F2N4O2/c13-7-1-2-9(8(14)5-7)17-12(20)18-4-3-16-6-10(18)11(15)19/h1-2,5,10,16H,3-4,6H2,(H2,15,19)(H,17,20). The van der Waals surface area contributed by atoms with E-state index >= 15 is 0 Å². The molecule has 0 bridgehead atoms. The van der Waals surface area contributed by atoms with Crippen molar-refractivity contribution in [1.82, 2.24) is 10.2 Å². The van der Waals surface area contributed by atoms with Gasteiger partial charge in [0.1, 0.15) is 17.7 Å². The molecule has 0 spiro atoms. The second-order valence-electron chi connectivity index (χ2n) is 4.37. The molecule has 2 rings (SSSR count). The van der Waals surface area contributed by atoms with Crippen molar-refractivity contribution in [2.24, 2.45) is 5.73 Å². The summed E-state index contributed by atoms with van der Waals surface area (Å²) in [7, 11) is 0. The van der Waals surface area contributed by atoms with Crippen LogP contribution in [0.5, 0.6) is 0 Å². The molecule has 0 aromatic heterocycles. The molecule has 0 aliphatic carbocycles. The summed E-state index contributed by atoms with van der Waals surface area (Å²) in [5.41, 5.74) is 5.06. The second-order valence-corrected chi connectivity index (χ2v) is 4.37. The molecule has 1 fully saturated rings. The minimum absolute atomic E-state index is 0.154. The zero-order valence-corrected chi connectivity index (χ0v) is 10.5. The summed E-state index contributed by atoms with van der Waals surface area (Å²) >= 11 is 0. The Balaban J connectivity index is 2.12. The molecule has 0 saturated carbocycles. The van der Waals surface area contributed by atoms with Crippen LogP contribution >= 0.6 is 0 Å². The SMILES string of the molecule is NC(=O)C1CNCCN1C(=O)Nc1ccc(F)cc1F. The zero-order chi connectivity index (χ0) is 14.7. The summed E-state index contributed by atoms with van der Waals surface area (Å²) < 4.78 is 26.2. The Kier molecular flexibility index (Phi) is 4.14. The predicted octanol–water partition coefficient (Wildman–Crippen LogP) is 0.256. The maximum Gasteiger partial charge on any atom is 0.322 e. The number of nitrogens with two attached hydrogens (primary N) is 1. The molecule has 4 N–H and O–H groups in total. The number of halogens is 2. The van der Waals surface area contributed by atoms with E-state index in [0.29, 0.717) is 12.6 Å². The molecule has 1 unspecified atom stereocenters. The Morgan fingerprint density at radius 3 is 2.80 bits per heavy atom. The van der Waals surface area contributed by atoms with Gasteiger partial charge in [-0.1, -0.05) is 0 Å². The van der Waals surface area contributed by atoms with Crippen LogP contribution in [0.1, 0.15) is 0 Å². The van der Waals surface area contributed by atoms with Gasteiger partial charge in [-0.3, -0.25) is 4.79 Å². The van der Waals surface area contributed by atoms with Gasteiger partial charge in [0.15, 0.2) is 0 Å². The molecular weight excluding hydrogens is 270 g/mol. The molecule has 108 valence electrons. The number of rotatable bonds is 2. The number of nitrogens with one attached hydrogen (secondary N) is 2. The molecule has 1 aliphatic rings. The normalized spacial score (nSPS) is 18.7. The number of anilines is 1. The Bertz CT molecular complexity index is 538. The van der Waals surface area contributed by atoms with Gasteiger partial charge in [0, 0.05) is 25.7 Å². The molecule has 6 nitrogen and oxygen atoms in total. The predicted molar refractivity (Wildman–Crippen MR) is 67.9 cm³/mol. The molecule has 8 heteroatoms. The third-order valence-electron chi connectivity index (χ3n) is 3.01. The van der Waals surface area contributed by atoms with Crippen LogP contribution in [0, 0.1) is 11.6 Å². The summed E-state index contributed by atoms with van der Waals surface area (Å²) in [6.07, 6.45) is 0. The van der Waals surface area contributed by atoms with E-state index in [1.165, 1.54) is 4.90 Å². The fourth-order valence-corrected chi connectivity index (χ4v) is 1.98. The average molecular weight is 284 g/mol. The average Bonchev–Trinajstić information content (AvgIpc) is 2.41. The Morgan fingerprint density at radius 2 is 2.15 bits per heavy atom. The van der Waals surface area contributed by atoms with Crippen molar-refractivity contribution in [2.75, 3.05) is 25.0 Å². The Morgan fingerprint density at radius 1 is 1.40 bits per heavy atom. The van der Waals surface area contributed by atoms with Gasteiger partial charge in [-0.05, 0) is 12.1 Å². The maximum absolute atomic E-state index is 13.5. The van der Waals surface area contributed by atoms with Crippen LogP contribution < -0.4 is 16.4 Å². The first-order chi connectivity index (χ1) is 9.49. The van der Waals surface area contributed by atoms with Gasteiger partial charge >= 0.3 is 6.03 Å². The molecule has 20 heavy (non-hydrogen) atoms. The highest BCUT2D eigenvalue weighted by Gasteiger charge is 2.30. The van der Waals surface area contributed by atoms with E-state index < -0.39 is 29.6 Å². The van der Waals surface area contributed by atoms with Crippen LogP contribution in [0.4, 0.5) is 19.3 Å². The third-order valence-corrected chi connectivity index (χ3v) is 3.01. The fourth-order valence-electron chi connectivity index (χ4n) is 1.98. The van der Waals surface area contributed by atoms with Gasteiger partial charge in [-0.25, -0.2) is 13.6 Å². The number of benzene rings is 1. The number of piperazine rings is 1. The van der Waals surface area contributed by atoms with E-state index in [9.17, 15) is 18.4 Å². The molecule has 1 heterocycles. The van der Waals surface area contributed by atoms with E-state index in [2.05, 4.69) is 10.6 Å². The van der Waals surface area contributed by atoms with E-state index in [0.717, 1.165) is 12.1 Å². The number of urea groups is 1. The van der Waals surface area contributed by atoms with Crippen LogP contribution in [0.25, 0.3) is 0 Å². The number of hydrogen-bond donors (Lipinski definition) is 3. The highest BCUT2D eigenvalue weighted by Crippen LogP contribution is 2.16. The first kappa shape index (κ1) is 14.2. The largest absolute Gasteiger partial charge is 0.368 e. The quantitative estimate of drug-likeness (QED) is 0.728. The number of nitrogens with zero attached hydrogens (tertiary/aromatic N) is 1. The van der Waals surface area contributed by atoms with Crippen molar-refractivity contribution in [3.63, 3.8) is 0 Å². The summed E-state index contributed by atoms with van der Waals surface area (Å²) in [5, 5.41) is 5.24. The van der Waals surface area contributed by atoms with Gasteiger partial charge < -0.3 is 21.3 Å². The zero-order valence-electron chi connectivity index (χ0n) is 10.5. The Labute approximate surface area is 113 Å². The minimum atomic E-state index is -0.885. The molecule has 1 aromatic rings. The molecule has 1 aliphatic heterocycles. The Hall–Kier alpha value is -2.22. The van der Waals surface area contributed by atoms with Crippen LogP contribution in [0.15, 0.2) is 18.2 Å². The van der Waals surface area contributed by atoms with Crippen LogP contribution in [0.3, 0.4) is 0 Å². The lowest BCUT2D eigenvalue weighted by atomic mass is 10.2. The van der Waals surface area contributed by atoms with Crippen molar-refractivity contribution in [3.8, 4) is 0 Å². The van der Waals surface area contributed by atoms with E-state index in [1.807, 2.05) is 0 Å². The smallest absolute Gasteiger partial charge is 0.322 e. The fraction of sp³-hybridized carbons (Fsp3) is 0.333. The summed E-state index contributed by atoms with van der Waals surface area (Å²) in [5.74, 6) is -2.27. The van der Waals surface area contributed by atoms with Gasteiger partial charge in [-0.15, -0.1) is 0 Å². The van der Waals surface area contributed by atoms with E-state index in [4.69, 9.17) is 5.73 Å². The summed E-state index contributed by atoms with van der Waals surface area (Å²) in [4.78, 5) is 24.5. The van der Waals surface area contributed by atoms with Crippen molar-refractivity contribution in [2.45, 2.75) is 6.04 Å². The first-order valence-electron chi connectivity index (χ1n) is 6.01. The van der Waals surface area contributed by atoms with E-state index in [1.54, 1.807) is 0 Å². The van der Waals surface area contributed by atoms with Crippen LogP contribution in [-0.2, 0) is 4.79 Å². The lowest BCUT2D eigenvalue weighted by Gasteiger charge is -2.34. The number of primary amides is 1. The molecule has 0 radical (unpaired) electrons. The molecule has 1 atom stereocenters. The summed E-state index contributed by atoms with van der Waals surface area (Å²) in [6, 6.07) is 1.36. The first-order valence-corrected chi connectivity index (χ1v) is 6.01. The number of carbonyl (C=O) groups is 2. The molecule has 1 aromatic carbocycles. The number of carbonyl (C=O) groups excluding carboxylic acids is 2. The van der Waals surface area contributed by atoms with Gasteiger partial charge in [-0.2, -0.15) is 0 Å². The maximum atomic E-state index is 13.5. The monoisotopic (exact) mass is 284 g/mol. The van der Waals surface area contributed by atoms with Crippen molar-refractivity contribution in [1.29, 1.82) is 0 Å². The number of hydrogen-bond acceptors (Lipinski definition) is 3. The van der Waals surface area contributed by atoms with E-state index in [-0.39, 0.29) is 18.8 Å². The minimum Gasteiger partial charge on any atom is -0.368 e.